The molecule has 60 heavy (non-hydrogen) atoms. The van der Waals surface area contributed by atoms with Crippen LogP contribution in [0.4, 0.5) is 0 Å². The topological polar surface area (TPSA) is 171 Å². The van der Waals surface area contributed by atoms with Crippen LogP contribution in [-0.2, 0) is 36.9 Å². The number of methoxy groups -OCH3 is 2. The molecular formula is C46H55N9O5. The Balaban J connectivity index is 0.000000175. The molecule has 0 amide bonds. The minimum absolute atomic E-state index is 0.0139. The summed E-state index contributed by atoms with van der Waals surface area (Å²) < 4.78 is 28.5. The fraction of sp³-hybridized carbons (Fsp3) is 0.391. The first-order chi connectivity index (χ1) is 29.3. The first-order valence-corrected chi connectivity index (χ1v) is 20.5. The standard InChI is InChI=1S/C22H24N4O2.C19H19N5O.C5H12O2/c1-3-27-14-17-12-24-13-19(15(17)2)16-7-8-21-18(10-16)20(11-23)25-26(21)22-6-4-5-9-28-22;1-3-25-11-14-9-20-10-16(12(14)2)13-4-5-17-15(8-13)18(24-23-17)19-21-6-7-22-19;1-4-5(6-2)7-3/h7-8,10,12-13,22H,3-6,9,14H2,1-2H3;4-10H,3,11H2,1-2H3,(H,21,22)(H,23,24);5H,4H2,1-3H3. The number of H-pyrrole nitrogens is 2. The minimum Gasteiger partial charge on any atom is -0.377 e. The molecule has 14 nitrogen and oxygen atoms in total. The van der Waals surface area contributed by atoms with Crippen molar-refractivity contribution in [1.82, 2.24) is 39.9 Å². The largest absolute Gasteiger partial charge is 0.377 e. The molecule has 1 atom stereocenters. The van der Waals surface area contributed by atoms with Gasteiger partial charge in [0.1, 0.15) is 11.8 Å². The molecule has 1 fully saturated rings. The van der Waals surface area contributed by atoms with Crippen LogP contribution in [0.2, 0.25) is 0 Å². The molecular weight excluding hydrogens is 759 g/mol. The lowest BCUT2D eigenvalue weighted by molar-refractivity contribution is -0.103. The number of aromatic amines is 2. The number of hydrogen-bond acceptors (Lipinski definition) is 11. The number of nitrogens with zero attached hydrogens (tertiary/aromatic N) is 7. The summed E-state index contributed by atoms with van der Waals surface area (Å²) in [5.74, 6) is 0.753. The zero-order chi connectivity index (χ0) is 42.4. The molecule has 0 saturated carbocycles. The van der Waals surface area contributed by atoms with Crippen LogP contribution in [0, 0.1) is 25.2 Å². The third-order valence-corrected chi connectivity index (χ3v) is 10.6. The minimum atomic E-state index is -0.0953. The van der Waals surface area contributed by atoms with Crippen LogP contribution < -0.4 is 0 Å². The predicted octanol–water partition coefficient (Wildman–Crippen LogP) is 9.39. The van der Waals surface area contributed by atoms with Crippen molar-refractivity contribution < 1.29 is 23.7 Å². The van der Waals surface area contributed by atoms with E-state index in [1.165, 1.54) is 5.56 Å². The highest BCUT2D eigenvalue weighted by Crippen LogP contribution is 2.34. The fourth-order valence-corrected chi connectivity index (χ4v) is 7.15. The SMILES string of the molecule is CCC(OC)OC.CCOCc1cncc(-c2ccc3[nH]nc(-c4ncc[nH]4)c3c2)c1C.CCOCc1cncc(-c2ccc3c(c2)c(C#N)nn3C2CCCCO2)c1C. The summed E-state index contributed by atoms with van der Waals surface area (Å²) in [6.45, 7) is 13.4. The quantitative estimate of drug-likeness (QED) is 0.106. The van der Waals surface area contributed by atoms with Gasteiger partial charge < -0.3 is 28.7 Å². The molecule has 0 aliphatic carbocycles. The van der Waals surface area contributed by atoms with E-state index in [-0.39, 0.29) is 12.5 Å². The number of benzene rings is 2. The molecule has 1 aliphatic rings. The van der Waals surface area contributed by atoms with E-state index < -0.39 is 0 Å². The maximum atomic E-state index is 9.61. The van der Waals surface area contributed by atoms with E-state index in [2.05, 4.69) is 73.3 Å². The molecule has 2 N–H and O–H groups in total. The zero-order valence-electron chi connectivity index (χ0n) is 35.6. The predicted molar refractivity (Wildman–Crippen MR) is 232 cm³/mol. The normalized spacial score (nSPS) is 13.8. The summed E-state index contributed by atoms with van der Waals surface area (Å²) >= 11 is 0. The van der Waals surface area contributed by atoms with Crippen molar-refractivity contribution in [2.75, 3.05) is 34.0 Å². The second kappa shape index (κ2) is 21.4. The smallest absolute Gasteiger partial charge is 0.170 e. The molecule has 5 aromatic heterocycles. The average Bonchev–Trinajstić information content (AvgIpc) is 4.06. The van der Waals surface area contributed by atoms with Gasteiger partial charge in [-0.15, -0.1) is 0 Å². The number of nitriles is 1. The van der Waals surface area contributed by atoms with Crippen LogP contribution in [0.1, 0.15) is 80.6 Å². The van der Waals surface area contributed by atoms with Gasteiger partial charge in [-0.05, 0) is 111 Å². The number of pyridine rings is 2. The van der Waals surface area contributed by atoms with Crippen molar-refractivity contribution in [2.45, 2.75) is 86.0 Å². The Labute approximate surface area is 351 Å². The third-order valence-electron chi connectivity index (χ3n) is 10.6. The van der Waals surface area contributed by atoms with Gasteiger partial charge in [0, 0.05) is 93.1 Å². The van der Waals surface area contributed by atoms with Gasteiger partial charge in [0.15, 0.2) is 24.0 Å². The Hall–Kier alpha value is -5.82. The van der Waals surface area contributed by atoms with Crippen LogP contribution in [0.15, 0.2) is 73.6 Å². The summed E-state index contributed by atoms with van der Waals surface area (Å²) in [5.41, 5.74) is 11.9. The van der Waals surface area contributed by atoms with Crippen LogP contribution >= 0.6 is 0 Å². The zero-order valence-corrected chi connectivity index (χ0v) is 35.6. The van der Waals surface area contributed by atoms with E-state index in [9.17, 15) is 5.26 Å². The number of rotatable bonds is 13. The first-order valence-electron chi connectivity index (χ1n) is 20.5. The average molecular weight is 814 g/mol. The highest BCUT2D eigenvalue weighted by molar-refractivity contribution is 5.94. The van der Waals surface area contributed by atoms with Gasteiger partial charge in [-0.1, -0.05) is 19.1 Å². The first kappa shape index (κ1) is 43.8. The summed E-state index contributed by atoms with van der Waals surface area (Å²) in [6.07, 6.45) is 14.9. The maximum absolute atomic E-state index is 9.61. The monoisotopic (exact) mass is 813 g/mol. The fourth-order valence-electron chi connectivity index (χ4n) is 7.15. The highest BCUT2D eigenvalue weighted by atomic mass is 16.7. The van der Waals surface area contributed by atoms with E-state index in [0.717, 1.165) is 105 Å². The molecule has 1 unspecified atom stereocenters. The van der Waals surface area contributed by atoms with Crippen molar-refractivity contribution in [1.29, 1.82) is 5.26 Å². The molecule has 7 aromatic rings. The number of ether oxygens (including phenoxy) is 5. The molecule has 1 saturated heterocycles. The van der Waals surface area contributed by atoms with Gasteiger partial charge in [-0.2, -0.15) is 15.5 Å². The Kier molecular flexibility index (Phi) is 15.6. The van der Waals surface area contributed by atoms with Crippen LogP contribution in [0.3, 0.4) is 0 Å². The summed E-state index contributed by atoms with van der Waals surface area (Å²) in [6, 6.07) is 14.6. The van der Waals surface area contributed by atoms with Gasteiger partial charge in [-0.25, -0.2) is 9.67 Å². The lowest BCUT2D eigenvalue weighted by Crippen LogP contribution is -2.19. The van der Waals surface area contributed by atoms with Gasteiger partial charge in [-0.3, -0.25) is 15.1 Å². The molecule has 0 bridgehead atoms. The molecule has 0 spiro atoms. The molecule has 14 heteroatoms. The number of imidazole rings is 1. The lowest BCUT2D eigenvalue weighted by atomic mass is 9.98. The van der Waals surface area contributed by atoms with E-state index in [1.807, 2.05) is 68.4 Å². The molecule has 8 rings (SSSR count). The summed E-state index contributed by atoms with van der Waals surface area (Å²) in [4.78, 5) is 16.2. The lowest BCUT2D eigenvalue weighted by Gasteiger charge is -2.23. The Morgan fingerprint density at radius 1 is 0.867 bits per heavy atom. The molecule has 314 valence electrons. The number of hydrogen-bond donors (Lipinski definition) is 2. The molecule has 0 radical (unpaired) electrons. The summed E-state index contributed by atoms with van der Waals surface area (Å²) in [7, 11) is 3.27. The van der Waals surface area contributed by atoms with E-state index in [4.69, 9.17) is 23.7 Å². The third kappa shape index (κ3) is 10.1. The summed E-state index contributed by atoms with van der Waals surface area (Å²) in [5, 5.41) is 23.5. The second-order valence-electron chi connectivity index (χ2n) is 14.3. The van der Waals surface area contributed by atoms with Crippen LogP contribution in [0.5, 0.6) is 0 Å². The van der Waals surface area contributed by atoms with Crippen molar-refractivity contribution in [3.05, 3.63) is 102 Å². The maximum Gasteiger partial charge on any atom is 0.170 e. The Morgan fingerprint density at radius 3 is 2.05 bits per heavy atom. The van der Waals surface area contributed by atoms with Crippen molar-refractivity contribution in [2.24, 2.45) is 0 Å². The van der Waals surface area contributed by atoms with Crippen molar-refractivity contribution >= 4 is 21.8 Å². The van der Waals surface area contributed by atoms with Gasteiger partial charge in [0.25, 0.3) is 0 Å². The van der Waals surface area contributed by atoms with Gasteiger partial charge in [0.2, 0.25) is 0 Å². The number of fused-ring (bicyclic) bond motifs is 2. The number of aromatic nitrogens is 8. The van der Waals surface area contributed by atoms with Gasteiger partial charge >= 0.3 is 0 Å². The molecule has 2 aromatic carbocycles. The van der Waals surface area contributed by atoms with Crippen molar-refractivity contribution in [3.8, 4) is 39.8 Å². The molecule has 1 aliphatic heterocycles. The second-order valence-corrected chi connectivity index (χ2v) is 14.3. The van der Waals surface area contributed by atoms with E-state index in [1.54, 1.807) is 26.6 Å². The van der Waals surface area contributed by atoms with Crippen LogP contribution in [0.25, 0.3) is 55.6 Å². The van der Waals surface area contributed by atoms with Crippen LogP contribution in [-0.4, -0.2) is 80.2 Å². The number of nitrogens with one attached hydrogen (secondary N) is 2. The van der Waals surface area contributed by atoms with Crippen molar-refractivity contribution in [3.63, 3.8) is 0 Å². The van der Waals surface area contributed by atoms with Gasteiger partial charge in [0.05, 0.1) is 24.2 Å². The van der Waals surface area contributed by atoms with E-state index in [0.29, 0.717) is 32.1 Å². The highest BCUT2D eigenvalue weighted by Gasteiger charge is 2.22. The Bertz CT molecular complexity index is 2470. The van der Waals surface area contributed by atoms with E-state index >= 15 is 0 Å². The Morgan fingerprint density at radius 2 is 1.52 bits per heavy atom. The molecule has 6 heterocycles.